The van der Waals surface area contributed by atoms with Crippen molar-refractivity contribution in [3.05, 3.63) is 0 Å². The van der Waals surface area contributed by atoms with E-state index in [1.54, 1.807) is 0 Å². The van der Waals surface area contributed by atoms with Crippen LogP contribution in [0.1, 0.15) is 25.7 Å². The Hall–Kier alpha value is -0.570. The van der Waals surface area contributed by atoms with Gasteiger partial charge >= 0.3 is 0 Å². The van der Waals surface area contributed by atoms with E-state index in [-0.39, 0.29) is 0 Å². The minimum Gasteiger partial charge on any atom is -0.340 e. The molecule has 2 rings (SSSR count). The highest BCUT2D eigenvalue weighted by Crippen LogP contribution is 2.26. The van der Waals surface area contributed by atoms with Gasteiger partial charge in [0.25, 0.3) is 0 Å². The van der Waals surface area contributed by atoms with Crippen LogP contribution < -0.4 is 0 Å². The number of nitrogens with zero attached hydrogens (tertiary/aromatic N) is 2. The fraction of sp³-hybridized carbons (Fsp3) is 0.909. The topological polar surface area (TPSA) is 23.6 Å². The Morgan fingerprint density at radius 2 is 1.64 bits per heavy atom. The minimum atomic E-state index is 0.360. The van der Waals surface area contributed by atoms with Gasteiger partial charge in [0.1, 0.15) is 0 Å². The van der Waals surface area contributed by atoms with Gasteiger partial charge in [-0.05, 0) is 19.9 Å². The number of carbonyl (C=O) groups is 1. The average Bonchev–Trinajstić information content (AvgIpc) is 2.71. The van der Waals surface area contributed by atoms with Crippen LogP contribution >= 0.6 is 0 Å². The van der Waals surface area contributed by atoms with Gasteiger partial charge in [-0.2, -0.15) is 0 Å². The van der Waals surface area contributed by atoms with Crippen molar-refractivity contribution in [1.82, 2.24) is 9.80 Å². The molecular weight excluding hydrogens is 176 g/mol. The fourth-order valence-corrected chi connectivity index (χ4v) is 2.46. The lowest BCUT2D eigenvalue weighted by Crippen LogP contribution is -2.48. The number of hydrogen-bond acceptors (Lipinski definition) is 2. The van der Waals surface area contributed by atoms with Crippen molar-refractivity contribution in [2.24, 2.45) is 5.92 Å². The summed E-state index contributed by atoms with van der Waals surface area (Å²) >= 11 is 0. The molecule has 1 aliphatic carbocycles. The fourth-order valence-electron chi connectivity index (χ4n) is 2.46. The second-order valence-electron chi connectivity index (χ2n) is 4.61. The Balaban J connectivity index is 1.85. The highest BCUT2D eigenvalue weighted by Gasteiger charge is 2.28. The molecular formula is C11H20N2O. The first kappa shape index (κ1) is 9.97. The Bertz CT molecular complexity index is 203. The molecule has 0 N–H and O–H groups in total. The van der Waals surface area contributed by atoms with Gasteiger partial charge < -0.3 is 9.80 Å². The van der Waals surface area contributed by atoms with Crippen LogP contribution in [0.5, 0.6) is 0 Å². The van der Waals surface area contributed by atoms with E-state index in [4.69, 9.17) is 0 Å². The maximum absolute atomic E-state index is 12.0. The smallest absolute Gasteiger partial charge is 0.225 e. The molecule has 14 heavy (non-hydrogen) atoms. The maximum Gasteiger partial charge on any atom is 0.225 e. The van der Waals surface area contributed by atoms with E-state index in [0.29, 0.717) is 11.8 Å². The first-order valence-corrected chi connectivity index (χ1v) is 5.75. The molecule has 1 saturated heterocycles. The van der Waals surface area contributed by atoms with E-state index in [1.165, 1.54) is 12.8 Å². The Morgan fingerprint density at radius 3 is 2.21 bits per heavy atom. The molecule has 3 heteroatoms. The number of piperazine rings is 1. The third-order valence-electron chi connectivity index (χ3n) is 3.52. The second-order valence-corrected chi connectivity index (χ2v) is 4.61. The molecule has 0 unspecified atom stereocenters. The summed E-state index contributed by atoms with van der Waals surface area (Å²) in [4.78, 5) is 16.4. The molecule has 80 valence electrons. The van der Waals surface area contributed by atoms with Crippen LogP contribution in [0.3, 0.4) is 0 Å². The van der Waals surface area contributed by atoms with Gasteiger partial charge in [-0.25, -0.2) is 0 Å². The van der Waals surface area contributed by atoms with Crippen LogP contribution in [0.4, 0.5) is 0 Å². The predicted molar refractivity (Wildman–Crippen MR) is 56.0 cm³/mol. The highest BCUT2D eigenvalue weighted by atomic mass is 16.2. The summed E-state index contributed by atoms with van der Waals surface area (Å²) in [5.41, 5.74) is 0. The Labute approximate surface area is 86.1 Å². The number of rotatable bonds is 1. The molecule has 3 nitrogen and oxygen atoms in total. The van der Waals surface area contributed by atoms with Gasteiger partial charge in [0.05, 0.1) is 0 Å². The molecule has 1 heterocycles. The molecule has 0 radical (unpaired) electrons. The standard InChI is InChI=1S/C11H20N2O/c1-12-6-8-13(9-7-12)11(14)10-4-2-3-5-10/h10H,2-9H2,1H3. The molecule has 2 fully saturated rings. The van der Waals surface area contributed by atoms with Crippen LogP contribution in [0.15, 0.2) is 0 Å². The van der Waals surface area contributed by atoms with Crippen LogP contribution in [-0.2, 0) is 4.79 Å². The summed E-state index contributed by atoms with van der Waals surface area (Å²) < 4.78 is 0. The summed E-state index contributed by atoms with van der Waals surface area (Å²) in [7, 11) is 2.12. The van der Waals surface area contributed by atoms with E-state index in [0.717, 1.165) is 39.0 Å². The van der Waals surface area contributed by atoms with E-state index >= 15 is 0 Å². The van der Waals surface area contributed by atoms with Crippen LogP contribution in [0, 0.1) is 5.92 Å². The monoisotopic (exact) mass is 196 g/mol. The van der Waals surface area contributed by atoms with Crippen LogP contribution in [-0.4, -0.2) is 48.9 Å². The van der Waals surface area contributed by atoms with Crippen LogP contribution in [0.2, 0.25) is 0 Å². The van der Waals surface area contributed by atoms with Gasteiger partial charge in [-0.15, -0.1) is 0 Å². The van der Waals surface area contributed by atoms with Gasteiger partial charge in [-0.3, -0.25) is 4.79 Å². The zero-order chi connectivity index (χ0) is 9.97. The lowest BCUT2D eigenvalue weighted by molar-refractivity contribution is -0.136. The van der Waals surface area contributed by atoms with Crippen molar-refractivity contribution in [2.45, 2.75) is 25.7 Å². The Morgan fingerprint density at radius 1 is 1.07 bits per heavy atom. The SMILES string of the molecule is CN1CCN(C(=O)C2CCCC2)CC1. The molecule has 2 aliphatic rings. The minimum absolute atomic E-state index is 0.360. The predicted octanol–water partition coefficient (Wildman–Crippen LogP) is 0.951. The van der Waals surface area contributed by atoms with E-state index < -0.39 is 0 Å². The summed E-state index contributed by atoms with van der Waals surface area (Å²) in [6, 6.07) is 0. The van der Waals surface area contributed by atoms with Crippen molar-refractivity contribution in [1.29, 1.82) is 0 Å². The second kappa shape index (κ2) is 4.30. The molecule has 1 saturated carbocycles. The maximum atomic E-state index is 12.0. The average molecular weight is 196 g/mol. The molecule has 0 bridgehead atoms. The summed E-state index contributed by atoms with van der Waals surface area (Å²) in [6.07, 6.45) is 4.77. The number of likely N-dealkylation sites (N-methyl/N-ethyl adjacent to an activating group) is 1. The quantitative estimate of drug-likeness (QED) is 0.623. The highest BCUT2D eigenvalue weighted by molar-refractivity contribution is 5.79. The molecule has 0 aromatic carbocycles. The summed E-state index contributed by atoms with van der Waals surface area (Å²) in [5, 5.41) is 0. The zero-order valence-electron chi connectivity index (χ0n) is 9.04. The van der Waals surface area contributed by atoms with E-state index in [9.17, 15) is 4.79 Å². The number of carbonyl (C=O) groups excluding carboxylic acids is 1. The van der Waals surface area contributed by atoms with Gasteiger partial charge in [-0.1, -0.05) is 12.8 Å². The zero-order valence-corrected chi connectivity index (χ0v) is 9.04. The first-order chi connectivity index (χ1) is 6.77. The number of hydrogen-bond donors (Lipinski definition) is 0. The molecule has 1 aliphatic heterocycles. The van der Waals surface area contributed by atoms with E-state index in [1.807, 2.05) is 0 Å². The first-order valence-electron chi connectivity index (χ1n) is 5.75. The van der Waals surface area contributed by atoms with Crippen LogP contribution in [0.25, 0.3) is 0 Å². The van der Waals surface area contributed by atoms with E-state index in [2.05, 4.69) is 16.8 Å². The van der Waals surface area contributed by atoms with Crippen molar-refractivity contribution in [2.75, 3.05) is 33.2 Å². The van der Waals surface area contributed by atoms with Gasteiger partial charge in [0, 0.05) is 32.1 Å². The molecule has 0 atom stereocenters. The molecule has 0 spiro atoms. The van der Waals surface area contributed by atoms with Gasteiger partial charge in [0.2, 0.25) is 5.91 Å². The van der Waals surface area contributed by atoms with Crippen molar-refractivity contribution in [3.63, 3.8) is 0 Å². The van der Waals surface area contributed by atoms with Crippen molar-refractivity contribution in [3.8, 4) is 0 Å². The van der Waals surface area contributed by atoms with Crippen molar-refractivity contribution < 1.29 is 4.79 Å². The van der Waals surface area contributed by atoms with Gasteiger partial charge in [0.15, 0.2) is 0 Å². The third kappa shape index (κ3) is 2.08. The number of amides is 1. The summed E-state index contributed by atoms with van der Waals surface area (Å²) in [5.74, 6) is 0.786. The normalized spacial score (nSPS) is 25.6. The third-order valence-corrected chi connectivity index (χ3v) is 3.52. The van der Waals surface area contributed by atoms with Crippen molar-refractivity contribution >= 4 is 5.91 Å². The lowest BCUT2D eigenvalue weighted by Gasteiger charge is -2.33. The molecule has 0 aromatic rings. The summed E-state index contributed by atoms with van der Waals surface area (Å²) in [6.45, 7) is 3.95. The Kier molecular flexibility index (Phi) is 3.06. The molecule has 1 amide bonds. The largest absolute Gasteiger partial charge is 0.340 e. The lowest BCUT2D eigenvalue weighted by atomic mass is 10.1. The molecule has 0 aromatic heterocycles.